The Morgan fingerprint density at radius 3 is 2.65 bits per heavy atom. The molecule has 2 nitrogen and oxygen atoms in total. The zero-order valence-electron chi connectivity index (χ0n) is 12.1. The molecule has 2 heterocycles. The zero-order chi connectivity index (χ0) is 14.2. The summed E-state index contributed by atoms with van der Waals surface area (Å²) in [7, 11) is 0. The summed E-state index contributed by atoms with van der Waals surface area (Å²) in [6.45, 7) is 4.50. The third kappa shape index (κ3) is 2.03. The average Bonchev–Trinajstić information content (AvgIpc) is 2.62. The predicted molar refractivity (Wildman–Crippen MR) is 81.8 cm³/mol. The minimum atomic E-state index is 0.0687. The molecule has 2 aromatic rings. The first-order valence-corrected chi connectivity index (χ1v) is 7.75. The van der Waals surface area contributed by atoms with Crippen molar-refractivity contribution in [2.45, 2.75) is 45.1 Å². The van der Waals surface area contributed by atoms with Crippen LogP contribution in [-0.4, -0.2) is 5.10 Å². The predicted octanol–water partition coefficient (Wildman–Crippen LogP) is 4.15. The van der Waals surface area contributed by atoms with E-state index in [1.807, 2.05) is 6.07 Å². The van der Waals surface area contributed by atoms with E-state index in [9.17, 15) is 0 Å². The topological polar surface area (TPSA) is 16.8 Å². The molecule has 0 unspecified atom stereocenters. The van der Waals surface area contributed by atoms with Crippen LogP contribution in [0.4, 0.5) is 0 Å². The number of aromatic nitrogens is 2. The Balaban J connectivity index is 2.30. The van der Waals surface area contributed by atoms with Gasteiger partial charge >= 0.3 is 0 Å². The molecule has 0 amide bonds. The van der Waals surface area contributed by atoms with Gasteiger partial charge in [-0.05, 0) is 24.1 Å². The van der Waals surface area contributed by atoms with Crippen LogP contribution in [0, 0.1) is 0 Å². The minimum absolute atomic E-state index is 0.0687. The van der Waals surface area contributed by atoms with Gasteiger partial charge in [-0.3, -0.25) is 0 Å². The summed E-state index contributed by atoms with van der Waals surface area (Å²) in [5, 5.41) is 5.22. The SMILES string of the molecule is CCC1(CC)CCc2ccccc2-c2ccc(Cl)n[n+]21. The molecule has 0 aliphatic carbocycles. The van der Waals surface area contributed by atoms with E-state index in [2.05, 4.69) is 54.0 Å². The van der Waals surface area contributed by atoms with Crippen LogP contribution in [0.1, 0.15) is 38.7 Å². The van der Waals surface area contributed by atoms with Crippen molar-refractivity contribution in [1.29, 1.82) is 0 Å². The zero-order valence-corrected chi connectivity index (χ0v) is 12.8. The molecule has 0 bridgehead atoms. The number of nitrogens with zero attached hydrogens (tertiary/aromatic N) is 2. The van der Waals surface area contributed by atoms with Crippen LogP contribution in [0.15, 0.2) is 36.4 Å². The van der Waals surface area contributed by atoms with E-state index < -0.39 is 0 Å². The number of hydrogen-bond acceptors (Lipinski definition) is 1. The largest absolute Gasteiger partial charge is 0.240 e. The van der Waals surface area contributed by atoms with Gasteiger partial charge in [0.05, 0.1) is 5.56 Å². The molecule has 0 spiro atoms. The monoisotopic (exact) mass is 287 g/mol. The van der Waals surface area contributed by atoms with Gasteiger partial charge in [-0.2, -0.15) is 0 Å². The molecule has 104 valence electrons. The van der Waals surface area contributed by atoms with E-state index in [0.717, 1.165) is 25.7 Å². The fourth-order valence-corrected chi connectivity index (χ4v) is 3.47. The normalized spacial score (nSPS) is 16.1. The van der Waals surface area contributed by atoms with Crippen LogP contribution in [-0.2, 0) is 12.0 Å². The number of aryl methyl sites for hydroxylation is 1. The van der Waals surface area contributed by atoms with Crippen LogP contribution >= 0.6 is 11.6 Å². The summed E-state index contributed by atoms with van der Waals surface area (Å²) in [5.74, 6) is 0. The second kappa shape index (κ2) is 5.17. The van der Waals surface area contributed by atoms with Gasteiger partial charge in [-0.15, -0.1) is 0 Å². The molecule has 1 aromatic heterocycles. The van der Waals surface area contributed by atoms with Gasteiger partial charge in [0.15, 0.2) is 10.7 Å². The number of fused-ring (bicyclic) bond motifs is 3. The average molecular weight is 288 g/mol. The van der Waals surface area contributed by atoms with E-state index in [-0.39, 0.29) is 5.54 Å². The summed E-state index contributed by atoms with van der Waals surface area (Å²) >= 11 is 6.17. The molecule has 3 rings (SSSR count). The van der Waals surface area contributed by atoms with E-state index in [1.165, 1.54) is 16.8 Å². The second-order valence-corrected chi connectivity index (χ2v) is 5.93. The molecule has 0 fully saturated rings. The van der Waals surface area contributed by atoms with Gasteiger partial charge in [-0.25, -0.2) is 0 Å². The maximum atomic E-state index is 6.17. The van der Waals surface area contributed by atoms with Gasteiger partial charge in [0.25, 0.3) is 0 Å². The third-order valence-electron chi connectivity index (χ3n) is 4.72. The molecule has 0 radical (unpaired) electrons. The van der Waals surface area contributed by atoms with Gasteiger partial charge < -0.3 is 0 Å². The smallest absolute Gasteiger partial charge is 0.0770 e. The summed E-state index contributed by atoms with van der Waals surface area (Å²) in [6.07, 6.45) is 4.35. The lowest BCUT2D eigenvalue weighted by molar-refractivity contribution is -0.807. The fourth-order valence-electron chi connectivity index (χ4n) is 3.33. The maximum Gasteiger partial charge on any atom is 0.240 e. The van der Waals surface area contributed by atoms with E-state index in [0.29, 0.717) is 5.15 Å². The van der Waals surface area contributed by atoms with Gasteiger partial charge in [-0.1, -0.05) is 48.3 Å². The molecule has 3 heteroatoms. The van der Waals surface area contributed by atoms with Crippen molar-refractivity contribution in [2.75, 3.05) is 0 Å². The highest BCUT2D eigenvalue weighted by molar-refractivity contribution is 6.29. The summed E-state index contributed by atoms with van der Waals surface area (Å²) in [6, 6.07) is 12.7. The van der Waals surface area contributed by atoms with Gasteiger partial charge in [0.2, 0.25) is 5.69 Å². The van der Waals surface area contributed by atoms with Gasteiger partial charge in [0, 0.05) is 30.4 Å². The highest BCUT2D eigenvalue weighted by atomic mass is 35.5. The molecule has 0 saturated heterocycles. The molecular formula is C17H20ClN2+. The van der Waals surface area contributed by atoms with E-state index in [4.69, 9.17) is 11.6 Å². The molecule has 0 atom stereocenters. The molecule has 0 N–H and O–H groups in total. The molecule has 1 aromatic carbocycles. The summed E-state index contributed by atoms with van der Waals surface area (Å²) in [4.78, 5) is 0. The van der Waals surface area contributed by atoms with Crippen molar-refractivity contribution in [1.82, 2.24) is 5.10 Å². The van der Waals surface area contributed by atoms with E-state index >= 15 is 0 Å². The van der Waals surface area contributed by atoms with Gasteiger partial charge in [0.1, 0.15) is 0 Å². The molecule has 1 aliphatic rings. The Hall–Kier alpha value is -1.41. The highest BCUT2D eigenvalue weighted by Gasteiger charge is 2.43. The first kappa shape index (κ1) is 13.6. The van der Waals surface area contributed by atoms with Crippen molar-refractivity contribution in [3.63, 3.8) is 0 Å². The Morgan fingerprint density at radius 2 is 1.90 bits per heavy atom. The fraction of sp³-hybridized carbons (Fsp3) is 0.412. The molecule has 20 heavy (non-hydrogen) atoms. The Kier molecular flexibility index (Phi) is 3.51. The van der Waals surface area contributed by atoms with E-state index in [1.54, 1.807) is 0 Å². The van der Waals surface area contributed by atoms with Crippen molar-refractivity contribution in [3.8, 4) is 11.3 Å². The van der Waals surface area contributed by atoms with Crippen LogP contribution < -0.4 is 4.68 Å². The first-order valence-electron chi connectivity index (χ1n) is 7.38. The maximum absolute atomic E-state index is 6.17. The Labute approximate surface area is 125 Å². The van der Waals surface area contributed by atoms with Crippen LogP contribution in [0.2, 0.25) is 5.15 Å². The summed E-state index contributed by atoms with van der Waals surface area (Å²) in [5.41, 5.74) is 3.96. The van der Waals surface area contributed by atoms with Crippen molar-refractivity contribution >= 4 is 11.6 Å². The number of hydrogen-bond donors (Lipinski definition) is 0. The quantitative estimate of drug-likeness (QED) is 0.758. The first-order chi connectivity index (χ1) is 9.70. The highest BCUT2D eigenvalue weighted by Crippen LogP contribution is 2.34. The number of halogens is 1. The lowest BCUT2D eigenvalue weighted by atomic mass is 9.87. The second-order valence-electron chi connectivity index (χ2n) is 5.54. The van der Waals surface area contributed by atoms with Crippen LogP contribution in [0.3, 0.4) is 0 Å². The Bertz CT molecular complexity index is 633. The van der Waals surface area contributed by atoms with Crippen LogP contribution in [0.25, 0.3) is 11.3 Å². The van der Waals surface area contributed by atoms with Crippen molar-refractivity contribution in [2.24, 2.45) is 0 Å². The lowest BCUT2D eigenvalue weighted by Gasteiger charge is -2.23. The molecular weight excluding hydrogens is 268 g/mol. The van der Waals surface area contributed by atoms with Crippen LogP contribution in [0.5, 0.6) is 0 Å². The summed E-state index contributed by atoms with van der Waals surface area (Å²) < 4.78 is 2.18. The minimum Gasteiger partial charge on any atom is -0.0770 e. The molecule has 1 aliphatic heterocycles. The number of rotatable bonds is 2. The Morgan fingerprint density at radius 1 is 1.15 bits per heavy atom. The number of benzene rings is 1. The lowest BCUT2D eigenvalue weighted by Crippen LogP contribution is -2.59. The van der Waals surface area contributed by atoms with Crippen molar-refractivity contribution < 1.29 is 4.68 Å². The van der Waals surface area contributed by atoms with Crippen molar-refractivity contribution in [3.05, 3.63) is 47.1 Å². The third-order valence-corrected chi connectivity index (χ3v) is 4.92. The standard InChI is InChI=1S/C17H20ClN2/c1-3-17(4-2)12-11-13-7-5-6-8-14(13)15-9-10-16(18)19-20(15)17/h5-10H,3-4,11-12H2,1-2H3/q+1. The molecule has 0 saturated carbocycles.